The lowest BCUT2D eigenvalue weighted by atomic mass is 9.80. The molecular formula is C15H18Br2N2. The number of rotatable bonds is 5. The number of halogens is 2. The molecule has 0 radical (unpaired) electrons. The Hall–Kier alpha value is -0.610. The molecule has 0 saturated heterocycles. The lowest BCUT2D eigenvalue weighted by Crippen LogP contribution is -2.33. The standard InChI is InChI=1S/C15H18Br2N2/c1-12-4-3-5-13(8-12)15(10-16,11-17)9-14-6-7-19(2)18-14/h3-8H,9-11H2,1-2H3. The minimum Gasteiger partial charge on any atom is -0.276 e. The molecule has 2 nitrogen and oxygen atoms in total. The third-order valence-electron chi connectivity index (χ3n) is 3.43. The lowest BCUT2D eigenvalue weighted by molar-refractivity contribution is 0.537. The fourth-order valence-corrected chi connectivity index (χ4v) is 4.24. The zero-order chi connectivity index (χ0) is 13.9. The van der Waals surface area contributed by atoms with Crippen LogP contribution in [0.5, 0.6) is 0 Å². The summed E-state index contributed by atoms with van der Waals surface area (Å²) in [5, 5.41) is 6.33. The van der Waals surface area contributed by atoms with E-state index in [1.54, 1.807) is 0 Å². The molecule has 0 aliphatic rings. The molecular weight excluding hydrogens is 368 g/mol. The van der Waals surface area contributed by atoms with Gasteiger partial charge in [-0.3, -0.25) is 4.68 Å². The van der Waals surface area contributed by atoms with Gasteiger partial charge in [0.1, 0.15) is 0 Å². The third-order valence-corrected chi connectivity index (χ3v) is 5.58. The van der Waals surface area contributed by atoms with Crippen LogP contribution in [0.1, 0.15) is 16.8 Å². The van der Waals surface area contributed by atoms with Gasteiger partial charge in [-0.05, 0) is 18.6 Å². The van der Waals surface area contributed by atoms with Crippen molar-refractivity contribution in [3.63, 3.8) is 0 Å². The number of aromatic nitrogens is 2. The fourth-order valence-electron chi connectivity index (χ4n) is 2.27. The van der Waals surface area contributed by atoms with E-state index in [9.17, 15) is 0 Å². The van der Waals surface area contributed by atoms with Gasteiger partial charge in [0.25, 0.3) is 0 Å². The highest BCUT2D eigenvalue weighted by Crippen LogP contribution is 2.32. The second kappa shape index (κ2) is 6.23. The maximum Gasteiger partial charge on any atom is 0.0633 e. The molecule has 0 bridgehead atoms. The van der Waals surface area contributed by atoms with E-state index in [1.807, 2.05) is 17.9 Å². The van der Waals surface area contributed by atoms with Gasteiger partial charge in [0, 0.05) is 35.7 Å². The van der Waals surface area contributed by atoms with E-state index in [0.29, 0.717) is 0 Å². The lowest BCUT2D eigenvalue weighted by Gasteiger charge is -2.30. The van der Waals surface area contributed by atoms with Gasteiger partial charge in [0.05, 0.1) is 5.69 Å². The Morgan fingerprint density at radius 3 is 2.47 bits per heavy atom. The molecule has 1 heterocycles. The number of hydrogen-bond acceptors (Lipinski definition) is 1. The van der Waals surface area contributed by atoms with E-state index in [1.165, 1.54) is 11.1 Å². The van der Waals surface area contributed by atoms with Gasteiger partial charge in [-0.25, -0.2) is 0 Å². The van der Waals surface area contributed by atoms with Crippen LogP contribution in [0.25, 0.3) is 0 Å². The summed E-state index contributed by atoms with van der Waals surface area (Å²) in [5.74, 6) is 0. The Balaban J connectivity index is 2.37. The summed E-state index contributed by atoms with van der Waals surface area (Å²) in [7, 11) is 1.96. The molecule has 2 rings (SSSR count). The van der Waals surface area contributed by atoms with Crippen molar-refractivity contribution in [3.05, 3.63) is 53.3 Å². The quantitative estimate of drug-likeness (QED) is 0.711. The molecule has 0 saturated carbocycles. The van der Waals surface area contributed by atoms with Crippen LogP contribution < -0.4 is 0 Å². The fraction of sp³-hybridized carbons (Fsp3) is 0.400. The van der Waals surface area contributed by atoms with Gasteiger partial charge < -0.3 is 0 Å². The van der Waals surface area contributed by atoms with Crippen LogP contribution in [-0.2, 0) is 18.9 Å². The summed E-state index contributed by atoms with van der Waals surface area (Å²) in [6.07, 6.45) is 2.92. The molecule has 2 aromatic rings. The normalized spacial score (nSPS) is 11.8. The highest BCUT2D eigenvalue weighted by Gasteiger charge is 2.31. The number of hydrogen-bond donors (Lipinski definition) is 0. The summed E-state index contributed by atoms with van der Waals surface area (Å²) < 4.78 is 1.86. The Bertz CT molecular complexity index is 545. The largest absolute Gasteiger partial charge is 0.276 e. The van der Waals surface area contributed by atoms with Gasteiger partial charge in [0.15, 0.2) is 0 Å². The van der Waals surface area contributed by atoms with Crippen molar-refractivity contribution in [1.82, 2.24) is 9.78 Å². The maximum absolute atomic E-state index is 4.51. The Morgan fingerprint density at radius 2 is 1.95 bits per heavy atom. The molecule has 1 aromatic heterocycles. The van der Waals surface area contributed by atoms with E-state index in [2.05, 4.69) is 74.2 Å². The van der Waals surface area contributed by atoms with Gasteiger partial charge in [-0.1, -0.05) is 61.7 Å². The minimum atomic E-state index is 0.0420. The van der Waals surface area contributed by atoms with Crippen LogP contribution >= 0.6 is 31.9 Å². The van der Waals surface area contributed by atoms with Gasteiger partial charge in [0.2, 0.25) is 0 Å². The third kappa shape index (κ3) is 3.29. The van der Waals surface area contributed by atoms with Gasteiger partial charge in [-0.15, -0.1) is 0 Å². The molecule has 0 fully saturated rings. The predicted molar refractivity (Wildman–Crippen MR) is 87.4 cm³/mol. The molecule has 19 heavy (non-hydrogen) atoms. The number of alkyl halides is 2. The molecule has 0 amide bonds. The van der Waals surface area contributed by atoms with E-state index < -0.39 is 0 Å². The monoisotopic (exact) mass is 384 g/mol. The summed E-state index contributed by atoms with van der Waals surface area (Å²) in [4.78, 5) is 0. The van der Waals surface area contributed by atoms with Crippen molar-refractivity contribution < 1.29 is 0 Å². The summed E-state index contributed by atoms with van der Waals surface area (Å²) in [6, 6.07) is 10.8. The summed E-state index contributed by atoms with van der Waals surface area (Å²) in [6.45, 7) is 2.14. The Morgan fingerprint density at radius 1 is 1.21 bits per heavy atom. The van der Waals surface area contributed by atoms with E-state index in [0.717, 1.165) is 22.8 Å². The first-order chi connectivity index (χ1) is 9.09. The number of benzene rings is 1. The van der Waals surface area contributed by atoms with Crippen LogP contribution in [0.3, 0.4) is 0 Å². The molecule has 0 atom stereocenters. The average molecular weight is 386 g/mol. The van der Waals surface area contributed by atoms with E-state index in [-0.39, 0.29) is 5.41 Å². The smallest absolute Gasteiger partial charge is 0.0633 e. The van der Waals surface area contributed by atoms with Crippen LogP contribution in [0.4, 0.5) is 0 Å². The van der Waals surface area contributed by atoms with Gasteiger partial charge >= 0.3 is 0 Å². The van der Waals surface area contributed by atoms with Crippen molar-refractivity contribution in [2.75, 3.05) is 10.7 Å². The van der Waals surface area contributed by atoms with Crippen LogP contribution in [0, 0.1) is 6.92 Å². The molecule has 0 aliphatic heterocycles. The molecule has 0 spiro atoms. The van der Waals surface area contributed by atoms with Crippen LogP contribution in [0.2, 0.25) is 0 Å². The molecule has 4 heteroatoms. The first kappa shape index (κ1) is 14.8. The predicted octanol–water partition coefficient (Wildman–Crippen LogP) is 4.00. The second-order valence-electron chi connectivity index (χ2n) is 5.07. The zero-order valence-corrected chi connectivity index (χ0v) is 14.4. The molecule has 1 aromatic carbocycles. The Labute approximate surface area is 131 Å². The first-order valence-corrected chi connectivity index (χ1v) is 8.51. The second-order valence-corrected chi connectivity index (χ2v) is 6.20. The van der Waals surface area contributed by atoms with Crippen LogP contribution in [0.15, 0.2) is 36.5 Å². The highest BCUT2D eigenvalue weighted by atomic mass is 79.9. The summed E-state index contributed by atoms with van der Waals surface area (Å²) >= 11 is 7.39. The van der Waals surface area contributed by atoms with E-state index in [4.69, 9.17) is 0 Å². The van der Waals surface area contributed by atoms with Crippen molar-refractivity contribution in [3.8, 4) is 0 Å². The van der Waals surface area contributed by atoms with E-state index >= 15 is 0 Å². The topological polar surface area (TPSA) is 17.8 Å². The van der Waals surface area contributed by atoms with Gasteiger partial charge in [-0.2, -0.15) is 5.10 Å². The van der Waals surface area contributed by atoms with Crippen molar-refractivity contribution in [2.24, 2.45) is 7.05 Å². The number of aryl methyl sites for hydroxylation is 2. The maximum atomic E-state index is 4.51. The highest BCUT2D eigenvalue weighted by molar-refractivity contribution is 9.09. The molecule has 102 valence electrons. The number of nitrogens with zero attached hydrogens (tertiary/aromatic N) is 2. The molecule has 0 aliphatic carbocycles. The molecule has 0 unspecified atom stereocenters. The zero-order valence-electron chi connectivity index (χ0n) is 11.2. The first-order valence-electron chi connectivity index (χ1n) is 6.27. The molecule has 0 N–H and O–H groups in total. The van der Waals surface area contributed by atoms with Crippen LogP contribution in [-0.4, -0.2) is 20.4 Å². The van der Waals surface area contributed by atoms with Crippen molar-refractivity contribution in [2.45, 2.75) is 18.8 Å². The Kier molecular flexibility index (Phi) is 4.85. The average Bonchev–Trinajstić information content (AvgIpc) is 2.81. The van der Waals surface area contributed by atoms with Crippen molar-refractivity contribution >= 4 is 31.9 Å². The summed E-state index contributed by atoms with van der Waals surface area (Å²) in [5.41, 5.74) is 3.82. The SMILES string of the molecule is Cc1cccc(C(CBr)(CBr)Cc2ccn(C)n2)c1. The minimum absolute atomic E-state index is 0.0420. The van der Waals surface area contributed by atoms with Crippen molar-refractivity contribution in [1.29, 1.82) is 0 Å².